The summed E-state index contributed by atoms with van der Waals surface area (Å²) in [5.41, 5.74) is 6.91. The van der Waals surface area contributed by atoms with Gasteiger partial charge in [-0.1, -0.05) is 15.9 Å². The zero-order valence-corrected chi connectivity index (χ0v) is 11.2. The van der Waals surface area contributed by atoms with Gasteiger partial charge in [0.15, 0.2) is 0 Å². The molecule has 0 aliphatic heterocycles. The Morgan fingerprint density at radius 3 is 2.44 bits per heavy atom. The van der Waals surface area contributed by atoms with Crippen molar-refractivity contribution in [3.63, 3.8) is 0 Å². The first-order valence-electron chi connectivity index (χ1n) is 5.23. The van der Waals surface area contributed by atoms with Crippen LogP contribution in [0, 0.1) is 11.6 Å². The first-order chi connectivity index (χ1) is 8.49. The summed E-state index contributed by atoms with van der Waals surface area (Å²) in [7, 11) is 1.68. The molecule has 0 atom stereocenters. The molecule has 0 bridgehead atoms. The normalized spacial score (nSPS) is 10.4. The van der Waals surface area contributed by atoms with Gasteiger partial charge in [-0.2, -0.15) is 0 Å². The third-order valence-corrected chi connectivity index (χ3v) is 3.11. The van der Waals surface area contributed by atoms with Crippen molar-refractivity contribution >= 4 is 33.0 Å². The summed E-state index contributed by atoms with van der Waals surface area (Å²) in [4.78, 5) is 1.58. The van der Waals surface area contributed by atoms with E-state index in [2.05, 4.69) is 15.9 Å². The van der Waals surface area contributed by atoms with Gasteiger partial charge >= 0.3 is 0 Å². The number of hydrogen-bond donors (Lipinski definition) is 1. The molecule has 2 aromatic rings. The van der Waals surface area contributed by atoms with Gasteiger partial charge < -0.3 is 10.6 Å². The van der Waals surface area contributed by atoms with E-state index in [4.69, 9.17) is 5.73 Å². The van der Waals surface area contributed by atoms with Crippen molar-refractivity contribution in [1.29, 1.82) is 0 Å². The lowest BCUT2D eigenvalue weighted by Crippen LogP contribution is -2.13. The standard InChI is InChI=1S/C13H11BrF2N2/c1-18(12-5-3-9(15)7-11(12)17)13-6-8(14)2-4-10(13)16/h2-7H,17H2,1H3. The van der Waals surface area contributed by atoms with E-state index in [1.54, 1.807) is 24.1 Å². The monoisotopic (exact) mass is 312 g/mol. The summed E-state index contributed by atoms with van der Waals surface area (Å²) in [5, 5.41) is 0. The quantitative estimate of drug-likeness (QED) is 0.847. The van der Waals surface area contributed by atoms with Gasteiger partial charge in [-0.05, 0) is 36.4 Å². The molecule has 94 valence electrons. The van der Waals surface area contributed by atoms with Crippen molar-refractivity contribution in [3.8, 4) is 0 Å². The molecule has 2 aromatic carbocycles. The molecule has 0 saturated carbocycles. The lowest BCUT2D eigenvalue weighted by atomic mass is 10.2. The third-order valence-electron chi connectivity index (χ3n) is 2.62. The summed E-state index contributed by atoms with van der Waals surface area (Å²) in [5.74, 6) is -0.788. The summed E-state index contributed by atoms with van der Waals surface area (Å²) >= 11 is 3.28. The zero-order chi connectivity index (χ0) is 13.3. The molecule has 0 radical (unpaired) electrons. The second-order valence-corrected chi connectivity index (χ2v) is 4.77. The van der Waals surface area contributed by atoms with Crippen LogP contribution in [0.5, 0.6) is 0 Å². The van der Waals surface area contributed by atoms with E-state index < -0.39 is 5.82 Å². The highest BCUT2D eigenvalue weighted by Crippen LogP contribution is 2.32. The first kappa shape index (κ1) is 12.8. The van der Waals surface area contributed by atoms with Crippen molar-refractivity contribution < 1.29 is 8.78 Å². The Kier molecular flexibility index (Phi) is 3.52. The molecule has 2 nitrogen and oxygen atoms in total. The second kappa shape index (κ2) is 4.94. The minimum Gasteiger partial charge on any atom is -0.397 e. The SMILES string of the molecule is CN(c1ccc(F)cc1N)c1cc(Br)ccc1F. The van der Waals surface area contributed by atoms with Crippen LogP contribution in [0.4, 0.5) is 25.8 Å². The number of halogens is 3. The number of rotatable bonds is 2. The van der Waals surface area contributed by atoms with Crippen LogP contribution >= 0.6 is 15.9 Å². The first-order valence-corrected chi connectivity index (χ1v) is 6.02. The number of benzene rings is 2. The fraction of sp³-hybridized carbons (Fsp3) is 0.0769. The van der Waals surface area contributed by atoms with E-state index in [9.17, 15) is 8.78 Å². The van der Waals surface area contributed by atoms with E-state index in [-0.39, 0.29) is 11.5 Å². The van der Waals surface area contributed by atoms with Crippen LogP contribution in [0.15, 0.2) is 40.9 Å². The van der Waals surface area contributed by atoms with Crippen molar-refractivity contribution in [2.75, 3.05) is 17.7 Å². The molecule has 0 aliphatic rings. The van der Waals surface area contributed by atoms with Gasteiger partial charge in [0.05, 0.1) is 17.1 Å². The van der Waals surface area contributed by atoms with Crippen LogP contribution in [0.1, 0.15) is 0 Å². The fourth-order valence-electron chi connectivity index (χ4n) is 1.70. The molecule has 0 aliphatic carbocycles. The van der Waals surface area contributed by atoms with Crippen molar-refractivity contribution in [3.05, 3.63) is 52.5 Å². The number of anilines is 3. The van der Waals surface area contributed by atoms with Crippen molar-refractivity contribution in [2.24, 2.45) is 0 Å². The Balaban J connectivity index is 2.47. The highest BCUT2D eigenvalue weighted by Gasteiger charge is 2.12. The average Bonchev–Trinajstić information content (AvgIpc) is 2.31. The molecule has 18 heavy (non-hydrogen) atoms. The van der Waals surface area contributed by atoms with Crippen LogP contribution in [0.2, 0.25) is 0 Å². The largest absolute Gasteiger partial charge is 0.397 e. The Morgan fingerprint density at radius 1 is 1.06 bits per heavy atom. The Hall–Kier alpha value is -1.62. The smallest absolute Gasteiger partial charge is 0.146 e. The average molecular weight is 313 g/mol. The van der Waals surface area contributed by atoms with Crippen LogP contribution in [-0.2, 0) is 0 Å². The van der Waals surface area contributed by atoms with Crippen LogP contribution in [-0.4, -0.2) is 7.05 Å². The maximum atomic E-state index is 13.7. The predicted molar refractivity (Wildman–Crippen MR) is 73.0 cm³/mol. The topological polar surface area (TPSA) is 29.3 Å². The van der Waals surface area contributed by atoms with E-state index in [1.165, 1.54) is 24.3 Å². The molecule has 0 saturated heterocycles. The van der Waals surface area contributed by atoms with E-state index in [1.807, 2.05) is 0 Å². The van der Waals surface area contributed by atoms with Crippen LogP contribution < -0.4 is 10.6 Å². The maximum absolute atomic E-state index is 13.7. The van der Waals surface area contributed by atoms with Gasteiger partial charge in [0.1, 0.15) is 11.6 Å². The molecule has 5 heteroatoms. The van der Waals surface area contributed by atoms with Gasteiger partial charge in [-0.15, -0.1) is 0 Å². The number of hydrogen-bond acceptors (Lipinski definition) is 2. The van der Waals surface area contributed by atoms with Gasteiger partial charge in [0.2, 0.25) is 0 Å². The zero-order valence-electron chi connectivity index (χ0n) is 9.62. The molecule has 0 spiro atoms. The number of nitrogen functional groups attached to an aromatic ring is 1. The number of nitrogens with two attached hydrogens (primary N) is 1. The lowest BCUT2D eigenvalue weighted by Gasteiger charge is -2.22. The third kappa shape index (κ3) is 2.46. The van der Waals surface area contributed by atoms with Gasteiger partial charge in [0, 0.05) is 11.5 Å². The summed E-state index contributed by atoms with van der Waals surface area (Å²) in [6, 6.07) is 8.62. The molecule has 2 rings (SSSR count). The molecular weight excluding hydrogens is 302 g/mol. The van der Waals surface area contributed by atoms with E-state index in [0.717, 1.165) is 4.47 Å². The Bertz CT molecular complexity index is 587. The summed E-state index contributed by atoms with van der Waals surface area (Å²) < 4.78 is 27.5. The lowest BCUT2D eigenvalue weighted by molar-refractivity contribution is 0.626. The molecule has 2 N–H and O–H groups in total. The molecule has 0 amide bonds. The summed E-state index contributed by atoms with van der Waals surface area (Å²) in [6.45, 7) is 0. The van der Waals surface area contributed by atoms with Gasteiger partial charge in [-0.25, -0.2) is 8.78 Å². The van der Waals surface area contributed by atoms with Crippen molar-refractivity contribution in [2.45, 2.75) is 0 Å². The molecule has 0 fully saturated rings. The Labute approximate surface area is 112 Å². The predicted octanol–water partition coefficient (Wildman–Crippen LogP) is 4.08. The van der Waals surface area contributed by atoms with Crippen molar-refractivity contribution in [1.82, 2.24) is 0 Å². The van der Waals surface area contributed by atoms with Gasteiger partial charge in [-0.3, -0.25) is 0 Å². The van der Waals surface area contributed by atoms with Crippen LogP contribution in [0.3, 0.4) is 0 Å². The fourth-order valence-corrected chi connectivity index (χ4v) is 2.05. The highest BCUT2D eigenvalue weighted by atomic mass is 79.9. The van der Waals surface area contributed by atoms with E-state index in [0.29, 0.717) is 11.4 Å². The van der Waals surface area contributed by atoms with E-state index >= 15 is 0 Å². The second-order valence-electron chi connectivity index (χ2n) is 3.86. The Morgan fingerprint density at radius 2 is 1.78 bits per heavy atom. The minimum absolute atomic E-state index is 0.261. The molecular formula is C13H11BrF2N2. The minimum atomic E-state index is -0.417. The molecule has 0 heterocycles. The molecule has 0 aromatic heterocycles. The van der Waals surface area contributed by atoms with Gasteiger partial charge in [0.25, 0.3) is 0 Å². The highest BCUT2D eigenvalue weighted by molar-refractivity contribution is 9.10. The summed E-state index contributed by atoms with van der Waals surface area (Å²) in [6.07, 6.45) is 0. The molecule has 0 unspecified atom stereocenters. The maximum Gasteiger partial charge on any atom is 0.146 e. The van der Waals surface area contributed by atoms with Crippen LogP contribution in [0.25, 0.3) is 0 Å². The number of nitrogens with zero attached hydrogens (tertiary/aromatic N) is 1.